The second-order valence-corrected chi connectivity index (χ2v) is 11.0. The first-order valence-electron chi connectivity index (χ1n) is 12.0. The number of piperazine rings is 1. The third kappa shape index (κ3) is 6.91. The third-order valence-corrected chi connectivity index (χ3v) is 8.28. The van der Waals surface area contributed by atoms with Gasteiger partial charge in [0.25, 0.3) is 10.0 Å². The Bertz CT molecular complexity index is 1310. The smallest absolute Gasteiger partial charge is 0.264 e. The normalized spacial score (nSPS) is 14.6. The molecule has 0 bridgehead atoms. The summed E-state index contributed by atoms with van der Waals surface area (Å²) < 4.78 is 33.5. The molecule has 4 rings (SSSR count). The Morgan fingerprint density at radius 3 is 2.22 bits per heavy atom. The number of ether oxygens (including phenoxy) is 1. The molecule has 1 amide bonds. The van der Waals surface area contributed by atoms with Crippen LogP contribution >= 0.6 is 11.6 Å². The number of halogens is 1. The number of carbonyl (C=O) groups excluding carboxylic acids is 1. The van der Waals surface area contributed by atoms with Crippen LogP contribution in [0.15, 0.2) is 89.8 Å². The van der Waals surface area contributed by atoms with Crippen LogP contribution in [0.4, 0.5) is 5.69 Å². The summed E-state index contributed by atoms with van der Waals surface area (Å²) in [6.45, 7) is 3.00. The number of methoxy groups -OCH3 is 1. The number of hydrogen-bond acceptors (Lipinski definition) is 5. The topological polar surface area (TPSA) is 70.2 Å². The van der Waals surface area contributed by atoms with E-state index in [-0.39, 0.29) is 17.3 Å². The minimum Gasteiger partial charge on any atom is -0.497 e. The number of nitrogens with zero attached hydrogens (tertiary/aromatic N) is 3. The maximum absolute atomic E-state index is 13.6. The van der Waals surface area contributed by atoms with Gasteiger partial charge in [-0.25, -0.2) is 8.42 Å². The molecule has 37 heavy (non-hydrogen) atoms. The van der Waals surface area contributed by atoms with Crippen molar-refractivity contribution in [2.45, 2.75) is 4.90 Å². The first-order valence-corrected chi connectivity index (χ1v) is 13.8. The van der Waals surface area contributed by atoms with Gasteiger partial charge >= 0.3 is 0 Å². The summed E-state index contributed by atoms with van der Waals surface area (Å²) in [7, 11) is -2.49. The van der Waals surface area contributed by atoms with Gasteiger partial charge in [0.1, 0.15) is 12.3 Å². The van der Waals surface area contributed by atoms with Crippen molar-refractivity contribution in [3.8, 4) is 5.75 Å². The second kappa shape index (κ2) is 12.3. The van der Waals surface area contributed by atoms with Gasteiger partial charge in [-0.3, -0.25) is 14.0 Å². The zero-order valence-corrected chi connectivity index (χ0v) is 22.2. The molecule has 0 saturated carbocycles. The van der Waals surface area contributed by atoms with Crippen LogP contribution in [0.2, 0.25) is 5.02 Å². The third-order valence-electron chi connectivity index (χ3n) is 6.24. The van der Waals surface area contributed by atoms with E-state index in [1.54, 1.807) is 41.3 Å². The van der Waals surface area contributed by atoms with Gasteiger partial charge in [-0.15, -0.1) is 0 Å². The second-order valence-electron chi connectivity index (χ2n) is 8.66. The van der Waals surface area contributed by atoms with Crippen molar-refractivity contribution in [1.82, 2.24) is 9.80 Å². The number of sulfonamides is 1. The van der Waals surface area contributed by atoms with Crippen LogP contribution in [0.5, 0.6) is 5.75 Å². The predicted octanol–water partition coefficient (Wildman–Crippen LogP) is 4.40. The molecule has 3 aromatic carbocycles. The molecule has 0 N–H and O–H groups in total. The highest BCUT2D eigenvalue weighted by Crippen LogP contribution is 2.26. The molecule has 3 aromatic rings. The number of anilines is 1. The quantitative estimate of drug-likeness (QED) is 0.403. The predicted molar refractivity (Wildman–Crippen MR) is 147 cm³/mol. The van der Waals surface area contributed by atoms with Crippen molar-refractivity contribution in [3.05, 3.63) is 95.5 Å². The van der Waals surface area contributed by atoms with Gasteiger partial charge in [-0.05, 0) is 54.1 Å². The molecule has 0 spiro atoms. The van der Waals surface area contributed by atoms with Crippen LogP contribution in [-0.4, -0.2) is 70.5 Å². The Hall–Kier alpha value is -3.33. The van der Waals surface area contributed by atoms with Gasteiger partial charge in [0.05, 0.1) is 17.7 Å². The van der Waals surface area contributed by atoms with Gasteiger partial charge in [-0.2, -0.15) is 0 Å². The van der Waals surface area contributed by atoms with Crippen LogP contribution in [0, 0.1) is 0 Å². The van der Waals surface area contributed by atoms with E-state index < -0.39 is 10.0 Å². The molecule has 1 fully saturated rings. The molecule has 1 heterocycles. The minimum atomic E-state index is -4.01. The fourth-order valence-electron chi connectivity index (χ4n) is 4.10. The fraction of sp³-hybridized carbons (Fsp3) is 0.250. The van der Waals surface area contributed by atoms with E-state index in [4.69, 9.17) is 16.3 Å². The SMILES string of the molecule is COc1ccc(S(=O)(=O)N(CC(=O)N2CCN(C/C=C/c3ccccc3)CC2)c2ccc(Cl)cc2)cc1. The first-order chi connectivity index (χ1) is 17.9. The van der Waals surface area contributed by atoms with Crippen molar-refractivity contribution < 1.29 is 17.9 Å². The van der Waals surface area contributed by atoms with E-state index in [2.05, 4.69) is 29.2 Å². The highest BCUT2D eigenvalue weighted by molar-refractivity contribution is 7.92. The Labute approximate surface area is 223 Å². The van der Waals surface area contributed by atoms with E-state index in [1.807, 2.05) is 18.2 Å². The highest BCUT2D eigenvalue weighted by Gasteiger charge is 2.30. The largest absolute Gasteiger partial charge is 0.497 e. The van der Waals surface area contributed by atoms with Crippen molar-refractivity contribution in [3.63, 3.8) is 0 Å². The number of hydrogen-bond donors (Lipinski definition) is 0. The maximum atomic E-state index is 13.6. The summed E-state index contributed by atoms with van der Waals surface area (Å²) in [6, 6.07) is 22.7. The zero-order chi connectivity index (χ0) is 26.3. The molecule has 1 saturated heterocycles. The van der Waals surface area contributed by atoms with Crippen LogP contribution in [0.25, 0.3) is 6.08 Å². The summed E-state index contributed by atoms with van der Waals surface area (Å²) in [5.41, 5.74) is 1.52. The maximum Gasteiger partial charge on any atom is 0.264 e. The lowest BCUT2D eigenvalue weighted by Crippen LogP contribution is -2.51. The van der Waals surface area contributed by atoms with Gasteiger partial charge in [0.2, 0.25) is 5.91 Å². The molecule has 0 atom stereocenters. The molecule has 1 aliphatic heterocycles. The van der Waals surface area contributed by atoms with Crippen molar-refractivity contribution in [2.75, 3.05) is 50.7 Å². The lowest BCUT2D eigenvalue weighted by Gasteiger charge is -2.35. The molecule has 9 heteroatoms. The molecule has 0 aromatic heterocycles. The van der Waals surface area contributed by atoms with Crippen molar-refractivity contribution in [1.29, 1.82) is 0 Å². The van der Waals surface area contributed by atoms with Crippen LogP contribution < -0.4 is 9.04 Å². The van der Waals surface area contributed by atoms with E-state index in [1.165, 1.54) is 19.2 Å². The van der Waals surface area contributed by atoms with Gasteiger partial charge < -0.3 is 9.64 Å². The van der Waals surface area contributed by atoms with Crippen molar-refractivity contribution >= 4 is 39.3 Å². The lowest BCUT2D eigenvalue weighted by molar-refractivity contribution is -0.131. The highest BCUT2D eigenvalue weighted by atomic mass is 35.5. The van der Waals surface area contributed by atoms with Gasteiger partial charge in [-0.1, -0.05) is 54.1 Å². The number of amides is 1. The van der Waals surface area contributed by atoms with E-state index >= 15 is 0 Å². The number of rotatable bonds is 9. The summed E-state index contributed by atoms with van der Waals surface area (Å²) in [4.78, 5) is 17.3. The van der Waals surface area contributed by atoms with Crippen molar-refractivity contribution in [2.24, 2.45) is 0 Å². The lowest BCUT2D eigenvalue weighted by atomic mass is 10.2. The Morgan fingerprint density at radius 2 is 1.59 bits per heavy atom. The molecular formula is C28H30ClN3O4S. The fourth-order valence-corrected chi connectivity index (χ4v) is 5.64. The number of benzene rings is 3. The molecule has 0 radical (unpaired) electrons. The molecule has 0 aliphatic carbocycles. The standard InChI is InChI=1S/C28H30ClN3O4S/c1-36-26-13-15-27(16-14-26)37(34,35)32(25-11-9-24(29)10-12-25)22-28(33)31-20-18-30(19-21-31)17-5-8-23-6-3-2-4-7-23/h2-16H,17-22H2,1H3/b8-5+. The average molecular weight is 540 g/mol. The summed E-state index contributed by atoms with van der Waals surface area (Å²) >= 11 is 6.03. The Morgan fingerprint density at radius 1 is 0.946 bits per heavy atom. The van der Waals surface area contributed by atoms with Gasteiger partial charge in [0, 0.05) is 37.7 Å². The molecule has 1 aliphatic rings. The first kappa shape index (κ1) is 26.7. The molecule has 194 valence electrons. The number of carbonyl (C=O) groups is 1. The summed E-state index contributed by atoms with van der Waals surface area (Å²) in [5.74, 6) is 0.302. The molecular weight excluding hydrogens is 510 g/mol. The zero-order valence-electron chi connectivity index (χ0n) is 20.7. The minimum absolute atomic E-state index is 0.0751. The summed E-state index contributed by atoms with van der Waals surface area (Å²) in [6.07, 6.45) is 4.21. The average Bonchev–Trinajstić information content (AvgIpc) is 2.93. The molecule has 0 unspecified atom stereocenters. The van der Waals surface area contributed by atoms with Crippen LogP contribution in [0.3, 0.4) is 0 Å². The van der Waals surface area contributed by atoms with Gasteiger partial charge in [0.15, 0.2) is 0 Å². The molecule has 7 nitrogen and oxygen atoms in total. The van der Waals surface area contributed by atoms with Crippen LogP contribution in [0.1, 0.15) is 5.56 Å². The summed E-state index contributed by atoms with van der Waals surface area (Å²) in [5, 5.41) is 0.481. The van der Waals surface area contributed by atoms with E-state index in [0.717, 1.165) is 29.5 Å². The Kier molecular flexibility index (Phi) is 8.87. The van der Waals surface area contributed by atoms with E-state index in [0.29, 0.717) is 29.5 Å². The Balaban J connectivity index is 1.43. The van der Waals surface area contributed by atoms with E-state index in [9.17, 15) is 13.2 Å². The van der Waals surface area contributed by atoms with Crippen LogP contribution in [-0.2, 0) is 14.8 Å². The monoisotopic (exact) mass is 539 g/mol.